The lowest BCUT2D eigenvalue weighted by atomic mass is 10.0. The minimum absolute atomic E-state index is 0.101. The average molecular weight is 601 g/mol. The molecule has 11 nitrogen and oxygen atoms in total. The van der Waals surface area contributed by atoms with Gasteiger partial charge in [-0.2, -0.15) is 4.31 Å². The van der Waals surface area contributed by atoms with Crippen molar-refractivity contribution in [3.63, 3.8) is 0 Å². The van der Waals surface area contributed by atoms with Gasteiger partial charge in [0.05, 0.1) is 4.90 Å². The Hall–Kier alpha value is -3.48. The summed E-state index contributed by atoms with van der Waals surface area (Å²) in [5.74, 6) is -0.820. The van der Waals surface area contributed by atoms with Crippen LogP contribution in [-0.2, 0) is 30.8 Å². The molecule has 2 fully saturated rings. The Morgan fingerprint density at radius 3 is 2.26 bits per heavy atom. The fraction of sp³-hybridized carbons (Fsp3) is 0.500. The summed E-state index contributed by atoms with van der Waals surface area (Å²) in [6.07, 6.45) is 0.536. The molecule has 0 radical (unpaired) electrons. The van der Waals surface area contributed by atoms with Crippen LogP contribution >= 0.6 is 0 Å². The molecule has 2 atom stereocenters. The van der Waals surface area contributed by atoms with Gasteiger partial charge in [0, 0.05) is 39.1 Å². The number of hydrogen-bond acceptors (Lipinski definition) is 8. The number of aryl methyl sites for hydroxylation is 1. The zero-order valence-corrected chi connectivity index (χ0v) is 25.4. The Morgan fingerprint density at radius 2 is 1.64 bits per heavy atom. The fourth-order valence-electron chi connectivity index (χ4n) is 4.91. The molecule has 0 bridgehead atoms. The summed E-state index contributed by atoms with van der Waals surface area (Å²) in [6.45, 7) is 9.84. The molecule has 2 aromatic carbocycles. The summed E-state index contributed by atoms with van der Waals surface area (Å²) in [5.41, 5.74) is 0.829. The standard InChI is InChI=1S/C30H40N4O7S/c1-21-7-13-24(14-8-21)42(38,39)34-17-5-6-26(34)27(35)32-25(28(36)41-30(2,3)4)20-22-9-11-23(12-10-22)40-29(37)33-18-15-31-16-19-33/h7-14,25-26,31H,5-6,15-20H2,1-4H3,(H,32,35)/t25-,26-/m0/s1. The molecule has 0 aliphatic carbocycles. The van der Waals surface area contributed by atoms with Gasteiger partial charge in [-0.05, 0) is 70.4 Å². The van der Waals surface area contributed by atoms with Crippen molar-refractivity contribution in [2.75, 3.05) is 32.7 Å². The number of benzene rings is 2. The summed E-state index contributed by atoms with van der Waals surface area (Å²) in [5, 5.41) is 5.95. The van der Waals surface area contributed by atoms with Crippen molar-refractivity contribution in [2.24, 2.45) is 0 Å². The second-order valence-electron chi connectivity index (χ2n) is 11.6. The Labute approximate surface area is 247 Å². The van der Waals surface area contributed by atoms with Crippen LogP contribution < -0.4 is 15.4 Å². The summed E-state index contributed by atoms with van der Waals surface area (Å²) in [7, 11) is -3.91. The third-order valence-corrected chi connectivity index (χ3v) is 9.01. The van der Waals surface area contributed by atoms with E-state index in [1.807, 2.05) is 6.92 Å². The Bertz CT molecular complexity index is 1370. The Morgan fingerprint density at radius 1 is 1.00 bits per heavy atom. The van der Waals surface area contributed by atoms with Crippen LogP contribution in [0.25, 0.3) is 0 Å². The van der Waals surface area contributed by atoms with E-state index in [0.29, 0.717) is 50.3 Å². The molecule has 0 aromatic heterocycles. The molecule has 0 saturated carbocycles. The number of carbonyl (C=O) groups excluding carboxylic acids is 3. The van der Waals surface area contributed by atoms with E-state index in [4.69, 9.17) is 9.47 Å². The Balaban J connectivity index is 1.47. The van der Waals surface area contributed by atoms with E-state index in [1.165, 1.54) is 16.4 Å². The number of carbonyl (C=O) groups is 3. The van der Waals surface area contributed by atoms with Gasteiger partial charge < -0.3 is 25.0 Å². The molecule has 2 saturated heterocycles. The van der Waals surface area contributed by atoms with Crippen LogP contribution in [0.4, 0.5) is 4.79 Å². The van der Waals surface area contributed by atoms with E-state index < -0.39 is 45.7 Å². The average Bonchev–Trinajstić information content (AvgIpc) is 3.45. The molecule has 2 aliphatic heterocycles. The van der Waals surface area contributed by atoms with Crippen molar-refractivity contribution in [3.8, 4) is 5.75 Å². The molecule has 0 unspecified atom stereocenters. The number of piperazine rings is 1. The van der Waals surface area contributed by atoms with E-state index in [-0.39, 0.29) is 17.9 Å². The maximum Gasteiger partial charge on any atom is 0.415 e. The number of nitrogens with zero attached hydrogens (tertiary/aromatic N) is 2. The van der Waals surface area contributed by atoms with Crippen LogP contribution in [0.15, 0.2) is 53.4 Å². The van der Waals surface area contributed by atoms with Crippen LogP contribution in [0.2, 0.25) is 0 Å². The number of sulfonamides is 1. The van der Waals surface area contributed by atoms with Crippen molar-refractivity contribution < 1.29 is 32.3 Å². The van der Waals surface area contributed by atoms with Crippen molar-refractivity contribution in [2.45, 2.75) is 69.5 Å². The lowest BCUT2D eigenvalue weighted by Gasteiger charge is -2.28. The highest BCUT2D eigenvalue weighted by atomic mass is 32.2. The molecule has 2 aromatic rings. The number of ether oxygens (including phenoxy) is 2. The van der Waals surface area contributed by atoms with Crippen molar-refractivity contribution >= 4 is 28.0 Å². The quantitative estimate of drug-likeness (QED) is 0.442. The molecule has 2 N–H and O–H groups in total. The normalized spacial score (nSPS) is 18.8. The van der Waals surface area contributed by atoms with Gasteiger partial charge >= 0.3 is 12.1 Å². The monoisotopic (exact) mass is 600 g/mol. The van der Waals surface area contributed by atoms with Crippen molar-refractivity contribution in [3.05, 3.63) is 59.7 Å². The molecule has 0 spiro atoms. The summed E-state index contributed by atoms with van der Waals surface area (Å²) in [6, 6.07) is 11.2. The second kappa shape index (κ2) is 13.2. The highest BCUT2D eigenvalue weighted by Gasteiger charge is 2.41. The van der Waals surface area contributed by atoms with Gasteiger partial charge in [0.25, 0.3) is 0 Å². The first-order chi connectivity index (χ1) is 19.8. The first-order valence-electron chi connectivity index (χ1n) is 14.2. The zero-order valence-electron chi connectivity index (χ0n) is 24.6. The largest absolute Gasteiger partial charge is 0.458 e. The first-order valence-corrected chi connectivity index (χ1v) is 15.7. The number of nitrogens with one attached hydrogen (secondary N) is 2. The predicted octanol–water partition coefficient (Wildman–Crippen LogP) is 2.62. The molecule has 228 valence electrons. The summed E-state index contributed by atoms with van der Waals surface area (Å²) < 4.78 is 39.0. The van der Waals surface area contributed by atoms with Crippen molar-refractivity contribution in [1.29, 1.82) is 0 Å². The summed E-state index contributed by atoms with van der Waals surface area (Å²) in [4.78, 5) is 40.8. The number of hydrogen-bond donors (Lipinski definition) is 2. The number of esters is 1. The number of rotatable bonds is 8. The van der Waals surface area contributed by atoms with Gasteiger partial charge in [-0.3, -0.25) is 4.79 Å². The van der Waals surface area contributed by atoms with Gasteiger partial charge in [-0.15, -0.1) is 0 Å². The van der Waals surface area contributed by atoms with E-state index in [1.54, 1.807) is 62.1 Å². The third kappa shape index (κ3) is 8.08. The van der Waals surface area contributed by atoms with E-state index in [0.717, 1.165) is 5.56 Å². The van der Waals surface area contributed by atoms with Gasteiger partial charge in [0.15, 0.2) is 0 Å². The van der Waals surface area contributed by atoms with Gasteiger partial charge in [-0.1, -0.05) is 29.8 Å². The van der Waals surface area contributed by atoms with Gasteiger partial charge in [-0.25, -0.2) is 18.0 Å². The smallest absolute Gasteiger partial charge is 0.415 e. The molecular formula is C30H40N4O7S. The van der Waals surface area contributed by atoms with Gasteiger partial charge in [0.2, 0.25) is 15.9 Å². The molecule has 12 heteroatoms. The Kier molecular flexibility index (Phi) is 9.90. The molecular weight excluding hydrogens is 560 g/mol. The molecule has 42 heavy (non-hydrogen) atoms. The van der Waals surface area contributed by atoms with E-state index >= 15 is 0 Å². The number of amides is 2. The minimum Gasteiger partial charge on any atom is -0.458 e. The zero-order chi connectivity index (χ0) is 30.5. The topological polar surface area (TPSA) is 134 Å². The third-order valence-electron chi connectivity index (χ3n) is 7.09. The van der Waals surface area contributed by atoms with Crippen LogP contribution in [0, 0.1) is 6.92 Å². The molecule has 2 heterocycles. The predicted molar refractivity (Wildman–Crippen MR) is 156 cm³/mol. The van der Waals surface area contributed by atoms with Crippen molar-refractivity contribution in [1.82, 2.24) is 19.8 Å². The van der Waals surface area contributed by atoms with E-state index in [2.05, 4.69) is 10.6 Å². The maximum absolute atomic E-state index is 13.5. The molecule has 4 rings (SSSR count). The van der Waals surface area contributed by atoms with Gasteiger partial charge in [0.1, 0.15) is 23.4 Å². The maximum atomic E-state index is 13.5. The summed E-state index contributed by atoms with van der Waals surface area (Å²) >= 11 is 0. The van der Waals surface area contributed by atoms with Crippen LogP contribution in [0.5, 0.6) is 5.75 Å². The first kappa shape index (κ1) is 31.5. The van der Waals surface area contributed by atoms with Crippen LogP contribution in [0.3, 0.4) is 0 Å². The minimum atomic E-state index is -3.91. The highest BCUT2D eigenvalue weighted by Crippen LogP contribution is 2.27. The van der Waals surface area contributed by atoms with Crippen LogP contribution in [-0.4, -0.2) is 86.0 Å². The lowest BCUT2D eigenvalue weighted by molar-refractivity contribution is -0.158. The highest BCUT2D eigenvalue weighted by molar-refractivity contribution is 7.89. The SMILES string of the molecule is Cc1ccc(S(=O)(=O)N2CCC[C@H]2C(=O)N[C@@H](Cc2ccc(OC(=O)N3CCNCC3)cc2)C(=O)OC(C)(C)C)cc1. The second-order valence-corrected chi connectivity index (χ2v) is 13.5. The van der Waals surface area contributed by atoms with E-state index in [9.17, 15) is 22.8 Å². The lowest BCUT2D eigenvalue weighted by Crippen LogP contribution is -2.52. The molecule has 2 amide bonds. The molecule has 2 aliphatic rings. The van der Waals surface area contributed by atoms with Crippen LogP contribution in [0.1, 0.15) is 44.7 Å². The fourth-order valence-corrected chi connectivity index (χ4v) is 6.57.